The van der Waals surface area contributed by atoms with Gasteiger partial charge in [-0.15, -0.1) is 5.10 Å². The molecule has 6 nitrogen and oxygen atoms in total. The van der Waals surface area contributed by atoms with Crippen LogP contribution in [0.5, 0.6) is 5.75 Å². The second-order valence-corrected chi connectivity index (χ2v) is 7.24. The van der Waals surface area contributed by atoms with Gasteiger partial charge in [-0.25, -0.2) is 13.8 Å². The van der Waals surface area contributed by atoms with Crippen LogP contribution in [0.2, 0.25) is 0 Å². The van der Waals surface area contributed by atoms with E-state index in [1.165, 1.54) is 17.9 Å². The number of rotatable bonds is 10. The first-order valence-corrected chi connectivity index (χ1v) is 10.3. The van der Waals surface area contributed by atoms with Crippen molar-refractivity contribution < 1.29 is 17.9 Å². The summed E-state index contributed by atoms with van der Waals surface area (Å²) >= 11 is 0. The number of benzene rings is 2. The number of halogens is 2. The van der Waals surface area contributed by atoms with Crippen molar-refractivity contribution in [3.63, 3.8) is 0 Å². The molecule has 0 bridgehead atoms. The van der Waals surface area contributed by atoms with Crippen LogP contribution in [0.1, 0.15) is 35.6 Å². The van der Waals surface area contributed by atoms with Gasteiger partial charge in [-0.2, -0.15) is 0 Å². The van der Waals surface area contributed by atoms with Gasteiger partial charge in [0.25, 0.3) is 0 Å². The molecule has 0 aliphatic rings. The predicted molar refractivity (Wildman–Crippen MR) is 116 cm³/mol. The van der Waals surface area contributed by atoms with Crippen molar-refractivity contribution in [1.29, 1.82) is 0 Å². The number of nitrogens with zero attached hydrogens (tertiary/aromatic N) is 4. The lowest BCUT2D eigenvalue weighted by atomic mass is 10.1. The molecule has 0 saturated heterocycles. The predicted octanol–water partition coefficient (Wildman–Crippen LogP) is 5.32. The molecule has 2 aromatic heterocycles. The SMILES string of the molecule is Fc1ccc(C=Cc2nc(COc3ccc(CCCCn4ccnn4)cc3)co2)cc1F. The molecule has 0 N–H and O–H groups in total. The van der Waals surface area contributed by atoms with Crippen LogP contribution in [0.4, 0.5) is 8.78 Å². The van der Waals surface area contributed by atoms with Gasteiger partial charge in [0.1, 0.15) is 24.3 Å². The topological polar surface area (TPSA) is 66.0 Å². The molecule has 8 heteroatoms. The number of hydrogen-bond acceptors (Lipinski definition) is 5. The molecule has 0 saturated carbocycles. The van der Waals surface area contributed by atoms with Gasteiger partial charge >= 0.3 is 0 Å². The van der Waals surface area contributed by atoms with Crippen molar-refractivity contribution in [1.82, 2.24) is 20.0 Å². The number of oxazole rings is 1. The molecule has 4 aromatic rings. The van der Waals surface area contributed by atoms with Gasteiger partial charge < -0.3 is 9.15 Å². The van der Waals surface area contributed by atoms with E-state index in [-0.39, 0.29) is 6.61 Å². The molecule has 2 heterocycles. The molecule has 4 rings (SSSR count). The van der Waals surface area contributed by atoms with Crippen molar-refractivity contribution in [3.05, 3.63) is 95.5 Å². The Kier molecular flexibility index (Phi) is 7.01. The average molecular weight is 436 g/mol. The summed E-state index contributed by atoms with van der Waals surface area (Å²) < 4.78 is 39.2. The molecule has 0 amide bonds. The zero-order valence-electron chi connectivity index (χ0n) is 17.3. The van der Waals surface area contributed by atoms with E-state index in [2.05, 4.69) is 27.4 Å². The summed E-state index contributed by atoms with van der Waals surface area (Å²) in [4.78, 5) is 4.31. The molecule has 32 heavy (non-hydrogen) atoms. The van der Waals surface area contributed by atoms with Crippen LogP contribution in [-0.4, -0.2) is 20.0 Å². The van der Waals surface area contributed by atoms with E-state index in [9.17, 15) is 8.78 Å². The number of unbranched alkanes of at least 4 members (excludes halogenated alkanes) is 1. The molecular weight excluding hydrogens is 414 g/mol. The lowest BCUT2D eigenvalue weighted by Crippen LogP contribution is -1.99. The van der Waals surface area contributed by atoms with Crippen LogP contribution in [0.25, 0.3) is 12.2 Å². The fourth-order valence-electron chi connectivity index (χ4n) is 3.11. The van der Waals surface area contributed by atoms with Crippen molar-refractivity contribution in [2.45, 2.75) is 32.4 Å². The Hall–Kier alpha value is -3.81. The first-order chi connectivity index (χ1) is 15.7. The Bertz CT molecular complexity index is 1160. The van der Waals surface area contributed by atoms with Crippen LogP contribution < -0.4 is 4.74 Å². The van der Waals surface area contributed by atoms with Gasteiger partial charge in [-0.1, -0.05) is 23.4 Å². The van der Waals surface area contributed by atoms with E-state index in [4.69, 9.17) is 9.15 Å². The summed E-state index contributed by atoms with van der Waals surface area (Å²) in [6.07, 6.45) is 11.4. The van der Waals surface area contributed by atoms with Gasteiger partial charge in [0.2, 0.25) is 5.89 Å². The van der Waals surface area contributed by atoms with E-state index >= 15 is 0 Å². The summed E-state index contributed by atoms with van der Waals surface area (Å²) in [7, 11) is 0. The quantitative estimate of drug-likeness (QED) is 0.315. The third kappa shape index (κ3) is 6.10. The Labute approximate surface area is 184 Å². The summed E-state index contributed by atoms with van der Waals surface area (Å²) in [5, 5.41) is 7.76. The minimum absolute atomic E-state index is 0.264. The van der Waals surface area contributed by atoms with Crippen molar-refractivity contribution in [3.8, 4) is 5.75 Å². The normalized spacial score (nSPS) is 11.3. The maximum atomic E-state index is 13.3. The van der Waals surface area contributed by atoms with E-state index in [0.717, 1.165) is 43.7 Å². The van der Waals surface area contributed by atoms with Crippen LogP contribution >= 0.6 is 0 Å². The molecule has 0 spiro atoms. The maximum absolute atomic E-state index is 13.3. The Balaban J connectivity index is 1.22. The number of aromatic nitrogens is 4. The Morgan fingerprint density at radius 2 is 1.88 bits per heavy atom. The highest BCUT2D eigenvalue weighted by molar-refractivity contribution is 5.65. The average Bonchev–Trinajstić information content (AvgIpc) is 3.49. The summed E-state index contributed by atoms with van der Waals surface area (Å²) in [5.74, 6) is -0.673. The van der Waals surface area contributed by atoms with Crippen molar-refractivity contribution in [2.75, 3.05) is 0 Å². The second-order valence-electron chi connectivity index (χ2n) is 7.24. The first-order valence-electron chi connectivity index (χ1n) is 10.3. The Morgan fingerprint density at radius 3 is 2.66 bits per heavy atom. The largest absolute Gasteiger partial charge is 0.487 e. The molecule has 2 aromatic carbocycles. The van der Waals surface area contributed by atoms with Gasteiger partial charge in [-0.3, -0.25) is 4.68 Å². The monoisotopic (exact) mass is 436 g/mol. The molecule has 0 atom stereocenters. The van der Waals surface area contributed by atoms with Gasteiger partial charge in [0, 0.05) is 18.8 Å². The zero-order valence-corrected chi connectivity index (χ0v) is 17.3. The molecular formula is C24H22F2N4O2. The van der Waals surface area contributed by atoms with E-state index < -0.39 is 11.6 Å². The van der Waals surface area contributed by atoms with Crippen LogP contribution in [0.3, 0.4) is 0 Å². The van der Waals surface area contributed by atoms with Crippen LogP contribution in [0.15, 0.2) is 65.5 Å². The molecule has 0 radical (unpaired) electrons. The molecule has 0 fully saturated rings. The first kappa shape index (κ1) is 21.4. The summed E-state index contributed by atoms with van der Waals surface area (Å²) in [6.45, 7) is 1.14. The Morgan fingerprint density at radius 1 is 1.00 bits per heavy atom. The molecule has 0 aliphatic carbocycles. The minimum atomic E-state index is -0.897. The third-order valence-corrected chi connectivity index (χ3v) is 4.82. The lowest BCUT2D eigenvalue weighted by molar-refractivity contribution is 0.301. The van der Waals surface area contributed by atoms with Gasteiger partial charge in [-0.05, 0) is 60.7 Å². The molecule has 0 unspecified atom stereocenters. The van der Waals surface area contributed by atoms with Crippen molar-refractivity contribution in [2.24, 2.45) is 0 Å². The maximum Gasteiger partial charge on any atom is 0.218 e. The zero-order chi connectivity index (χ0) is 22.2. The number of ether oxygens (including phenoxy) is 1. The number of aryl methyl sites for hydroxylation is 2. The number of hydrogen-bond donors (Lipinski definition) is 0. The second kappa shape index (κ2) is 10.5. The van der Waals surface area contributed by atoms with Crippen LogP contribution in [-0.2, 0) is 19.6 Å². The highest BCUT2D eigenvalue weighted by Gasteiger charge is 2.04. The van der Waals surface area contributed by atoms with E-state index in [1.54, 1.807) is 18.3 Å². The minimum Gasteiger partial charge on any atom is -0.487 e. The lowest BCUT2D eigenvalue weighted by Gasteiger charge is -2.06. The fourth-order valence-corrected chi connectivity index (χ4v) is 3.11. The van der Waals surface area contributed by atoms with E-state index in [0.29, 0.717) is 17.1 Å². The van der Waals surface area contributed by atoms with E-state index in [1.807, 2.05) is 23.0 Å². The van der Waals surface area contributed by atoms with Crippen LogP contribution in [0, 0.1) is 11.6 Å². The smallest absolute Gasteiger partial charge is 0.218 e. The highest BCUT2D eigenvalue weighted by Crippen LogP contribution is 2.17. The third-order valence-electron chi connectivity index (χ3n) is 4.82. The standard InChI is InChI=1S/C24H22F2N4O2/c25-22-10-6-19(15-23(22)26)7-11-24-28-20(17-32-24)16-31-21-8-4-18(5-9-21)3-1-2-13-30-14-12-27-29-30/h4-12,14-15,17H,1-3,13,16H2. The summed E-state index contributed by atoms with van der Waals surface area (Å²) in [6, 6.07) is 11.7. The van der Waals surface area contributed by atoms with Crippen molar-refractivity contribution >= 4 is 12.2 Å². The summed E-state index contributed by atoms with van der Waals surface area (Å²) in [5.41, 5.74) is 2.40. The highest BCUT2D eigenvalue weighted by atomic mass is 19.2. The molecule has 0 aliphatic heterocycles. The molecule has 164 valence electrons. The van der Waals surface area contributed by atoms with Gasteiger partial charge in [0.05, 0.1) is 6.20 Å². The van der Waals surface area contributed by atoms with Gasteiger partial charge in [0.15, 0.2) is 11.6 Å². The fraction of sp³-hybridized carbons (Fsp3) is 0.208.